The number of ether oxygens (including phenoxy) is 1. The number of aromatic nitrogens is 3. The fourth-order valence-electron chi connectivity index (χ4n) is 4.15. The highest BCUT2D eigenvalue weighted by Crippen LogP contribution is 2.30. The minimum absolute atomic E-state index is 0.00279. The van der Waals surface area contributed by atoms with E-state index < -0.39 is 0 Å². The van der Waals surface area contributed by atoms with Gasteiger partial charge in [0.2, 0.25) is 5.88 Å². The fraction of sp³-hybridized carbons (Fsp3) is 0.240. The second-order valence-corrected chi connectivity index (χ2v) is 7.90. The summed E-state index contributed by atoms with van der Waals surface area (Å²) in [7, 11) is 0. The maximum atomic E-state index is 13.8. The molecule has 4 aromatic rings. The maximum absolute atomic E-state index is 13.8. The maximum Gasteiger partial charge on any atom is 0.258 e. The van der Waals surface area contributed by atoms with Crippen molar-refractivity contribution in [2.45, 2.75) is 25.8 Å². The second-order valence-electron chi connectivity index (χ2n) is 7.90. The van der Waals surface area contributed by atoms with E-state index in [9.17, 15) is 4.79 Å². The van der Waals surface area contributed by atoms with Gasteiger partial charge in [-0.15, -0.1) is 0 Å². The normalized spacial score (nSPS) is 16.0. The van der Waals surface area contributed by atoms with E-state index in [0.717, 1.165) is 29.5 Å². The topological polar surface area (TPSA) is 59.7 Å². The van der Waals surface area contributed by atoms with Crippen LogP contribution in [0.5, 0.6) is 5.88 Å². The summed E-state index contributed by atoms with van der Waals surface area (Å²) in [5.41, 5.74) is 4.20. The Morgan fingerprint density at radius 2 is 1.94 bits per heavy atom. The molecule has 1 saturated heterocycles. The highest BCUT2D eigenvalue weighted by atomic mass is 16.5. The Morgan fingerprint density at radius 3 is 2.74 bits per heavy atom. The molecular formula is C25H24N4O2. The van der Waals surface area contributed by atoms with Crippen molar-refractivity contribution in [1.29, 1.82) is 0 Å². The summed E-state index contributed by atoms with van der Waals surface area (Å²) in [6.45, 7) is 3.14. The van der Waals surface area contributed by atoms with Crippen LogP contribution in [-0.4, -0.2) is 44.6 Å². The van der Waals surface area contributed by atoms with E-state index in [2.05, 4.69) is 4.98 Å². The van der Waals surface area contributed by atoms with Crippen LogP contribution in [0.25, 0.3) is 16.8 Å². The number of nitrogens with zero attached hydrogens (tertiary/aromatic N) is 4. The third-order valence-corrected chi connectivity index (χ3v) is 5.75. The molecule has 0 spiro atoms. The zero-order valence-electron chi connectivity index (χ0n) is 17.4. The number of hydrogen-bond acceptors (Lipinski definition) is 4. The zero-order valence-corrected chi connectivity index (χ0v) is 17.4. The summed E-state index contributed by atoms with van der Waals surface area (Å²) >= 11 is 0. The highest BCUT2D eigenvalue weighted by molar-refractivity contribution is 6.06. The first-order valence-electron chi connectivity index (χ1n) is 10.6. The molecule has 6 heteroatoms. The van der Waals surface area contributed by atoms with Gasteiger partial charge in [-0.1, -0.05) is 42.5 Å². The molecule has 0 saturated carbocycles. The van der Waals surface area contributed by atoms with E-state index >= 15 is 0 Å². The van der Waals surface area contributed by atoms with Crippen LogP contribution < -0.4 is 4.74 Å². The molecule has 0 bridgehead atoms. The smallest absolute Gasteiger partial charge is 0.258 e. The molecule has 6 nitrogen and oxygen atoms in total. The lowest BCUT2D eigenvalue weighted by Gasteiger charge is -2.25. The van der Waals surface area contributed by atoms with Crippen LogP contribution in [-0.2, 0) is 0 Å². The number of carbonyl (C=O) groups excluding carboxylic acids is 1. The number of rotatable bonds is 5. The van der Waals surface area contributed by atoms with Gasteiger partial charge in [-0.2, -0.15) is 5.10 Å². The number of hydrogen-bond donors (Lipinski definition) is 0. The molecule has 0 N–H and O–H groups in total. The minimum atomic E-state index is 0.00279. The Morgan fingerprint density at radius 1 is 1.10 bits per heavy atom. The van der Waals surface area contributed by atoms with Gasteiger partial charge < -0.3 is 9.64 Å². The van der Waals surface area contributed by atoms with Crippen LogP contribution in [0, 0.1) is 6.92 Å². The van der Waals surface area contributed by atoms with Crippen LogP contribution in [0.2, 0.25) is 0 Å². The lowest BCUT2D eigenvalue weighted by molar-refractivity contribution is 0.0692. The first kappa shape index (κ1) is 19.3. The van der Waals surface area contributed by atoms with Gasteiger partial charge >= 0.3 is 0 Å². The Kier molecular flexibility index (Phi) is 5.12. The van der Waals surface area contributed by atoms with Crippen LogP contribution in [0.1, 0.15) is 28.8 Å². The van der Waals surface area contributed by atoms with Gasteiger partial charge in [0.05, 0.1) is 17.1 Å². The van der Waals surface area contributed by atoms with Gasteiger partial charge in [0, 0.05) is 30.6 Å². The molecule has 0 aliphatic carbocycles. The van der Waals surface area contributed by atoms with E-state index in [1.807, 2.05) is 78.7 Å². The molecule has 4 heterocycles. The number of amides is 1. The molecule has 1 aliphatic rings. The van der Waals surface area contributed by atoms with Crippen molar-refractivity contribution >= 4 is 11.4 Å². The fourth-order valence-corrected chi connectivity index (χ4v) is 4.15. The lowest BCUT2D eigenvalue weighted by Crippen LogP contribution is -2.39. The van der Waals surface area contributed by atoms with Crippen molar-refractivity contribution in [3.63, 3.8) is 0 Å². The summed E-state index contributed by atoms with van der Waals surface area (Å²) in [5.74, 6) is 0.592. The summed E-state index contributed by atoms with van der Waals surface area (Å²) in [5, 5.41) is 4.73. The van der Waals surface area contributed by atoms with E-state index in [1.165, 1.54) is 0 Å². The van der Waals surface area contributed by atoms with Crippen molar-refractivity contribution in [3.8, 4) is 17.1 Å². The summed E-state index contributed by atoms with van der Waals surface area (Å²) in [4.78, 5) is 20.0. The standard InChI is InChI=1S/C25H24N4O2/c1-18-12-13-22(26-16-18)31-17-20-10-7-14-28(20)25(30)23-21-11-5-6-15-29(21)27-24(23)19-8-3-2-4-9-19/h2-6,8-9,11-13,15-16,20H,7,10,14,17H2,1H3/t20-/m0/s1. The monoisotopic (exact) mass is 412 g/mol. The molecular weight excluding hydrogens is 388 g/mol. The first-order valence-corrected chi connectivity index (χ1v) is 10.6. The molecule has 1 fully saturated rings. The van der Waals surface area contributed by atoms with E-state index in [-0.39, 0.29) is 11.9 Å². The van der Waals surface area contributed by atoms with Crippen molar-refractivity contribution in [2.24, 2.45) is 0 Å². The molecule has 3 aromatic heterocycles. The number of pyridine rings is 2. The number of aryl methyl sites for hydroxylation is 1. The zero-order chi connectivity index (χ0) is 21.2. The summed E-state index contributed by atoms with van der Waals surface area (Å²) < 4.78 is 7.70. The number of fused-ring (bicyclic) bond motifs is 1. The number of benzene rings is 1. The molecule has 5 rings (SSSR count). The third kappa shape index (κ3) is 3.77. The van der Waals surface area contributed by atoms with Gasteiger partial charge in [0.15, 0.2) is 0 Å². The van der Waals surface area contributed by atoms with E-state index in [0.29, 0.717) is 30.3 Å². The predicted octanol–water partition coefficient (Wildman–Crippen LogP) is 4.39. The molecule has 1 amide bonds. The van der Waals surface area contributed by atoms with Gasteiger partial charge in [-0.05, 0) is 37.5 Å². The Balaban J connectivity index is 1.45. The Bertz CT molecular complexity index is 1200. The van der Waals surface area contributed by atoms with Crippen molar-refractivity contribution in [1.82, 2.24) is 19.5 Å². The first-order chi connectivity index (χ1) is 15.2. The van der Waals surface area contributed by atoms with Crippen molar-refractivity contribution in [2.75, 3.05) is 13.2 Å². The third-order valence-electron chi connectivity index (χ3n) is 5.75. The molecule has 1 aromatic carbocycles. The van der Waals surface area contributed by atoms with Gasteiger partial charge in [-0.25, -0.2) is 9.50 Å². The van der Waals surface area contributed by atoms with Gasteiger partial charge in [0.1, 0.15) is 12.3 Å². The number of likely N-dealkylation sites (tertiary alicyclic amines) is 1. The number of carbonyl (C=O) groups is 1. The van der Waals surface area contributed by atoms with Crippen LogP contribution >= 0.6 is 0 Å². The van der Waals surface area contributed by atoms with Gasteiger partial charge in [-0.3, -0.25) is 4.79 Å². The Labute approximate surface area is 181 Å². The van der Waals surface area contributed by atoms with Gasteiger partial charge in [0.25, 0.3) is 5.91 Å². The molecule has 156 valence electrons. The largest absolute Gasteiger partial charge is 0.475 e. The van der Waals surface area contributed by atoms with Crippen LogP contribution in [0.3, 0.4) is 0 Å². The van der Waals surface area contributed by atoms with E-state index in [1.54, 1.807) is 10.7 Å². The summed E-state index contributed by atoms with van der Waals surface area (Å²) in [6.07, 6.45) is 5.54. The SMILES string of the molecule is Cc1ccc(OC[C@@H]2CCCN2C(=O)c2c(-c3ccccc3)nn3ccccc23)nc1. The van der Waals surface area contributed by atoms with Crippen molar-refractivity contribution < 1.29 is 9.53 Å². The molecule has 0 radical (unpaired) electrons. The predicted molar refractivity (Wildman–Crippen MR) is 119 cm³/mol. The van der Waals surface area contributed by atoms with Crippen molar-refractivity contribution in [3.05, 3.63) is 84.2 Å². The highest BCUT2D eigenvalue weighted by Gasteiger charge is 2.33. The average Bonchev–Trinajstić information content (AvgIpc) is 3.44. The van der Waals surface area contributed by atoms with Crippen LogP contribution in [0.15, 0.2) is 73.1 Å². The second kappa shape index (κ2) is 8.22. The molecule has 1 atom stereocenters. The minimum Gasteiger partial charge on any atom is -0.475 e. The van der Waals surface area contributed by atoms with Crippen LogP contribution in [0.4, 0.5) is 0 Å². The Hall–Kier alpha value is -3.67. The average molecular weight is 412 g/mol. The molecule has 31 heavy (non-hydrogen) atoms. The quantitative estimate of drug-likeness (QED) is 0.488. The molecule has 1 aliphatic heterocycles. The summed E-state index contributed by atoms with van der Waals surface area (Å²) in [6, 6.07) is 19.6. The van der Waals surface area contributed by atoms with E-state index in [4.69, 9.17) is 9.84 Å². The molecule has 0 unspecified atom stereocenters. The lowest BCUT2D eigenvalue weighted by atomic mass is 10.1.